The third-order valence-corrected chi connectivity index (χ3v) is 8.03. The van der Waals surface area contributed by atoms with Crippen molar-refractivity contribution in [2.45, 2.75) is 31.4 Å². The zero-order valence-electron chi connectivity index (χ0n) is 22.3. The lowest BCUT2D eigenvalue weighted by Gasteiger charge is -2.37. The normalized spacial score (nSPS) is 17.6. The van der Waals surface area contributed by atoms with Crippen LogP contribution in [0.2, 0.25) is 0 Å². The number of aromatic nitrogens is 1. The van der Waals surface area contributed by atoms with Crippen LogP contribution in [0.25, 0.3) is 0 Å². The number of rotatable bonds is 9. The molecule has 2 aliphatic rings. The Morgan fingerprint density at radius 3 is 2.56 bits per heavy atom. The summed E-state index contributed by atoms with van der Waals surface area (Å²) in [5, 5.41) is 17.0. The molecule has 2 saturated heterocycles. The van der Waals surface area contributed by atoms with Crippen molar-refractivity contribution in [2.75, 3.05) is 43.0 Å². The van der Waals surface area contributed by atoms with E-state index in [2.05, 4.69) is 20.5 Å². The van der Waals surface area contributed by atoms with E-state index in [4.69, 9.17) is 4.74 Å². The lowest BCUT2D eigenvalue weighted by atomic mass is 10.0. The number of nitrogens with zero attached hydrogens (tertiary/aromatic N) is 3. The number of carbonyl (C=O) groups excluding carboxylic acids is 3. The van der Waals surface area contributed by atoms with Crippen LogP contribution in [-0.4, -0.2) is 77.6 Å². The van der Waals surface area contributed by atoms with Crippen molar-refractivity contribution in [3.8, 4) is 0 Å². The molecule has 3 amide bonds. The van der Waals surface area contributed by atoms with E-state index < -0.39 is 17.9 Å². The second kappa shape index (κ2) is 12.9. The molecule has 3 aromatic rings. The van der Waals surface area contributed by atoms with Crippen LogP contribution in [0.1, 0.15) is 50.9 Å². The van der Waals surface area contributed by atoms with Crippen LogP contribution in [0.15, 0.2) is 60.2 Å². The summed E-state index contributed by atoms with van der Waals surface area (Å²) in [6, 6.07) is 11.1. The van der Waals surface area contributed by atoms with Crippen molar-refractivity contribution in [2.24, 2.45) is 0 Å². The fourth-order valence-corrected chi connectivity index (χ4v) is 5.66. The first-order valence-electron chi connectivity index (χ1n) is 13.5. The van der Waals surface area contributed by atoms with Gasteiger partial charge in [-0.15, -0.1) is 11.3 Å². The summed E-state index contributed by atoms with van der Waals surface area (Å²) >= 11 is 1.31. The van der Waals surface area contributed by atoms with Crippen LogP contribution in [0.5, 0.6) is 0 Å². The molecule has 0 radical (unpaired) electrons. The van der Waals surface area contributed by atoms with E-state index in [1.165, 1.54) is 17.5 Å². The van der Waals surface area contributed by atoms with E-state index in [0.717, 1.165) is 18.5 Å². The highest BCUT2D eigenvalue weighted by Crippen LogP contribution is 2.30. The molecule has 0 spiro atoms. The zero-order valence-corrected chi connectivity index (χ0v) is 23.1. The molecule has 4 heterocycles. The predicted octanol–water partition coefficient (Wildman–Crippen LogP) is 3.17. The van der Waals surface area contributed by atoms with Gasteiger partial charge in [0.25, 0.3) is 17.7 Å². The minimum Gasteiger partial charge on any atom is -0.481 e. The van der Waals surface area contributed by atoms with Gasteiger partial charge < -0.3 is 30.3 Å². The number of hydrogen-bond acceptors (Lipinski definition) is 8. The van der Waals surface area contributed by atoms with E-state index >= 15 is 0 Å². The molecule has 1 aromatic carbocycles. The number of carboxylic acids is 1. The Bertz CT molecular complexity index is 1390. The number of carbonyl (C=O) groups is 4. The molecule has 0 bridgehead atoms. The minimum absolute atomic E-state index is 0.0184. The number of nitrogens with one attached hydrogen (secondary N) is 2. The van der Waals surface area contributed by atoms with Gasteiger partial charge in [0.1, 0.15) is 6.10 Å². The smallest absolute Gasteiger partial charge is 0.305 e. The van der Waals surface area contributed by atoms with Crippen LogP contribution >= 0.6 is 11.3 Å². The molecule has 5 rings (SSSR count). The molecule has 2 unspecified atom stereocenters. The van der Waals surface area contributed by atoms with Gasteiger partial charge in [0.15, 0.2) is 0 Å². The first kappa shape index (κ1) is 28.2. The predicted molar refractivity (Wildman–Crippen MR) is 153 cm³/mol. The van der Waals surface area contributed by atoms with Crippen molar-refractivity contribution >= 4 is 46.4 Å². The molecular formula is C29H31N5O6S. The Morgan fingerprint density at radius 1 is 1.07 bits per heavy atom. The molecule has 0 aliphatic carbocycles. The Kier molecular flexibility index (Phi) is 8.90. The van der Waals surface area contributed by atoms with E-state index in [-0.39, 0.29) is 29.9 Å². The standard InChI is InChI=1S/C29H31N5O6S/c35-26(36)17-21(20-4-1-9-30-18-20)31-27(37)19-7-8-23(22(16-19)32-28(38)25-6-3-15-41-25)33-10-12-34(13-11-33)29(39)24-5-2-14-40-24/h1,3-4,6-9,15-16,18,21,24H,2,5,10-14,17H2,(H,31,37)(H,32,38)(H,35,36). The second-order valence-electron chi connectivity index (χ2n) is 9.89. The maximum atomic E-state index is 13.3. The maximum absolute atomic E-state index is 13.3. The quantitative estimate of drug-likeness (QED) is 0.352. The number of hydrogen-bond donors (Lipinski definition) is 3. The molecule has 2 aliphatic heterocycles. The van der Waals surface area contributed by atoms with Gasteiger partial charge in [0.05, 0.1) is 28.7 Å². The highest BCUT2D eigenvalue weighted by atomic mass is 32.1. The van der Waals surface area contributed by atoms with E-state index in [1.807, 2.05) is 10.3 Å². The van der Waals surface area contributed by atoms with Gasteiger partial charge in [-0.05, 0) is 54.1 Å². The van der Waals surface area contributed by atoms with E-state index in [1.54, 1.807) is 48.7 Å². The second-order valence-corrected chi connectivity index (χ2v) is 10.8. The number of pyridine rings is 1. The summed E-state index contributed by atoms with van der Waals surface area (Å²) in [5.41, 5.74) is 2.01. The minimum atomic E-state index is -1.06. The molecule has 2 aromatic heterocycles. The summed E-state index contributed by atoms with van der Waals surface area (Å²) in [4.78, 5) is 59.1. The SMILES string of the molecule is O=C(O)CC(NC(=O)c1ccc(N2CCN(C(=O)C3CCCO3)CC2)c(NC(=O)c2cccs2)c1)c1cccnc1. The number of aliphatic carboxylic acids is 1. The van der Waals surface area contributed by atoms with Crippen molar-refractivity contribution in [1.82, 2.24) is 15.2 Å². The lowest BCUT2D eigenvalue weighted by molar-refractivity contribution is -0.141. The van der Waals surface area contributed by atoms with Crippen LogP contribution in [0.4, 0.5) is 11.4 Å². The number of anilines is 2. The summed E-state index contributed by atoms with van der Waals surface area (Å²) in [6.45, 7) is 2.74. The van der Waals surface area contributed by atoms with Crippen LogP contribution in [-0.2, 0) is 14.3 Å². The number of benzene rings is 1. The highest BCUT2D eigenvalue weighted by molar-refractivity contribution is 7.12. The molecule has 214 valence electrons. The number of thiophene rings is 1. The molecule has 2 atom stereocenters. The lowest BCUT2D eigenvalue weighted by Crippen LogP contribution is -2.51. The van der Waals surface area contributed by atoms with Crippen LogP contribution in [0, 0.1) is 0 Å². The van der Waals surface area contributed by atoms with E-state index in [9.17, 15) is 24.3 Å². The number of piperazine rings is 1. The molecule has 3 N–H and O–H groups in total. The van der Waals surface area contributed by atoms with Gasteiger partial charge in [-0.2, -0.15) is 0 Å². The molecule has 0 saturated carbocycles. The van der Waals surface area contributed by atoms with Crippen molar-refractivity contribution < 1.29 is 29.0 Å². The Morgan fingerprint density at radius 2 is 1.90 bits per heavy atom. The molecular weight excluding hydrogens is 546 g/mol. The van der Waals surface area contributed by atoms with Gasteiger partial charge in [0.2, 0.25) is 0 Å². The number of amides is 3. The Hall–Kier alpha value is -4.29. The summed E-state index contributed by atoms with van der Waals surface area (Å²) in [7, 11) is 0. The topological polar surface area (TPSA) is 141 Å². The monoisotopic (exact) mass is 577 g/mol. The average Bonchev–Trinajstić information content (AvgIpc) is 3.72. The fraction of sp³-hybridized carbons (Fsp3) is 0.345. The third kappa shape index (κ3) is 6.90. The molecule has 2 fully saturated rings. The molecule has 11 nitrogen and oxygen atoms in total. The first-order valence-corrected chi connectivity index (χ1v) is 14.3. The van der Waals surface area contributed by atoms with Gasteiger partial charge in [0, 0.05) is 50.7 Å². The fourth-order valence-electron chi connectivity index (χ4n) is 5.04. The van der Waals surface area contributed by atoms with Crippen LogP contribution in [0.3, 0.4) is 0 Å². The summed E-state index contributed by atoms with van der Waals surface area (Å²) in [6.07, 6.45) is 4.05. The van der Waals surface area contributed by atoms with Gasteiger partial charge >= 0.3 is 5.97 Å². The van der Waals surface area contributed by atoms with Gasteiger partial charge in [-0.3, -0.25) is 24.2 Å². The average molecular weight is 578 g/mol. The first-order chi connectivity index (χ1) is 19.9. The summed E-state index contributed by atoms with van der Waals surface area (Å²) in [5.74, 6) is -1.82. The molecule has 41 heavy (non-hydrogen) atoms. The van der Waals surface area contributed by atoms with Gasteiger partial charge in [-0.1, -0.05) is 12.1 Å². The largest absolute Gasteiger partial charge is 0.481 e. The zero-order chi connectivity index (χ0) is 28.8. The van der Waals surface area contributed by atoms with E-state index in [0.29, 0.717) is 48.9 Å². The van der Waals surface area contributed by atoms with Gasteiger partial charge in [-0.25, -0.2) is 0 Å². The Labute approximate surface area is 241 Å². The van der Waals surface area contributed by atoms with Crippen molar-refractivity contribution in [1.29, 1.82) is 0 Å². The third-order valence-electron chi connectivity index (χ3n) is 7.16. The number of carboxylic acid groups (broad SMARTS) is 1. The van der Waals surface area contributed by atoms with Crippen molar-refractivity contribution in [3.63, 3.8) is 0 Å². The Balaban J connectivity index is 1.36. The van der Waals surface area contributed by atoms with Crippen LogP contribution < -0.4 is 15.5 Å². The molecule has 12 heteroatoms. The van der Waals surface area contributed by atoms with Crippen molar-refractivity contribution in [3.05, 3.63) is 76.2 Å². The number of ether oxygens (including phenoxy) is 1. The summed E-state index contributed by atoms with van der Waals surface area (Å²) < 4.78 is 5.56. The maximum Gasteiger partial charge on any atom is 0.305 e. The highest BCUT2D eigenvalue weighted by Gasteiger charge is 2.31.